The van der Waals surface area contributed by atoms with E-state index in [-0.39, 0.29) is 17.6 Å². The zero-order valence-corrected chi connectivity index (χ0v) is 11.9. The van der Waals surface area contributed by atoms with Crippen LogP contribution in [0.3, 0.4) is 0 Å². The minimum Gasteiger partial charge on any atom is -0.489 e. The summed E-state index contributed by atoms with van der Waals surface area (Å²) in [6, 6.07) is 8.59. The quantitative estimate of drug-likeness (QED) is 0.775. The SMILES string of the molecule is CC12C=CC3=C(OC4C=CC=C[C@H]34)C1c1ccccc1N2. The third-order valence-electron chi connectivity index (χ3n) is 5.14. The van der Waals surface area contributed by atoms with Gasteiger partial charge in [-0.1, -0.05) is 48.6 Å². The van der Waals surface area contributed by atoms with E-state index in [1.807, 2.05) is 0 Å². The molecule has 0 bridgehead atoms. The third kappa shape index (κ3) is 1.37. The van der Waals surface area contributed by atoms with Crippen molar-refractivity contribution in [1.29, 1.82) is 0 Å². The zero-order valence-electron chi connectivity index (χ0n) is 11.9. The highest BCUT2D eigenvalue weighted by atomic mass is 16.5. The summed E-state index contributed by atoms with van der Waals surface area (Å²) in [6.07, 6.45) is 13.4. The lowest BCUT2D eigenvalue weighted by Gasteiger charge is -2.33. The van der Waals surface area contributed by atoms with Gasteiger partial charge in [-0.15, -0.1) is 0 Å². The second-order valence-corrected chi connectivity index (χ2v) is 6.46. The Kier molecular flexibility index (Phi) is 2.02. The van der Waals surface area contributed by atoms with Gasteiger partial charge >= 0.3 is 0 Å². The van der Waals surface area contributed by atoms with Gasteiger partial charge in [0.2, 0.25) is 0 Å². The van der Waals surface area contributed by atoms with Gasteiger partial charge in [0.25, 0.3) is 0 Å². The van der Waals surface area contributed by atoms with Gasteiger partial charge in [-0.2, -0.15) is 0 Å². The average Bonchev–Trinajstić information content (AvgIpc) is 3.00. The molecule has 0 aromatic heterocycles. The van der Waals surface area contributed by atoms with Crippen LogP contribution in [0, 0.1) is 5.92 Å². The summed E-state index contributed by atoms with van der Waals surface area (Å²) >= 11 is 0. The fourth-order valence-electron chi connectivity index (χ4n) is 4.15. The van der Waals surface area contributed by atoms with E-state index in [9.17, 15) is 0 Å². The molecule has 4 atom stereocenters. The summed E-state index contributed by atoms with van der Waals surface area (Å²) in [5.41, 5.74) is 3.85. The van der Waals surface area contributed by atoms with Crippen molar-refractivity contribution in [3.8, 4) is 0 Å². The average molecular weight is 275 g/mol. The second-order valence-electron chi connectivity index (χ2n) is 6.46. The highest BCUT2D eigenvalue weighted by Crippen LogP contribution is 2.54. The Morgan fingerprint density at radius 1 is 1.14 bits per heavy atom. The number of hydrogen-bond acceptors (Lipinski definition) is 2. The number of benzene rings is 1. The van der Waals surface area contributed by atoms with E-state index in [0.29, 0.717) is 5.92 Å². The fraction of sp³-hybridized carbons (Fsp3) is 0.263. The molecule has 0 fully saturated rings. The van der Waals surface area contributed by atoms with Gasteiger partial charge in [-0.3, -0.25) is 0 Å². The second kappa shape index (κ2) is 3.70. The van der Waals surface area contributed by atoms with Gasteiger partial charge < -0.3 is 10.1 Å². The Morgan fingerprint density at radius 2 is 2.00 bits per heavy atom. The van der Waals surface area contributed by atoms with Gasteiger partial charge in [0, 0.05) is 17.2 Å². The molecule has 0 radical (unpaired) electrons. The van der Waals surface area contributed by atoms with Gasteiger partial charge in [-0.25, -0.2) is 0 Å². The topological polar surface area (TPSA) is 21.3 Å². The van der Waals surface area contributed by atoms with E-state index in [0.717, 1.165) is 5.76 Å². The summed E-state index contributed by atoms with van der Waals surface area (Å²) in [4.78, 5) is 0. The summed E-state index contributed by atoms with van der Waals surface area (Å²) < 4.78 is 6.36. The highest BCUT2D eigenvalue weighted by molar-refractivity contribution is 5.68. The molecule has 2 heteroatoms. The van der Waals surface area contributed by atoms with E-state index in [2.05, 4.69) is 73.0 Å². The van der Waals surface area contributed by atoms with Crippen LogP contribution in [0.5, 0.6) is 0 Å². The first kappa shape index (κ1) is 11.4. The number of ether oxygens (including phenoxy) is 1. The van der Waals surface area contributed by atoms with E-state index in [1.165, 1.54) is 16.8 Å². The van der Waals surface area contributed by atoms with E-state index in [1.54, 1.807) is 0 Å². The molecular formula is C19H17NO. The highest BCUT2D eigenvalue weighted by Gasteiger charge is 2.50. The third-order valence-corrected chi connectivity index (χ3v) is 5.14. The Bertz CT molecular complexity index is 755. The van der Waals surface area contributed by atoms with Crippen LogP contribution < -0.4 is 5.32 Å². The molecule has 2 nitrogen and oxygen atoms in total. The number of hydrogen-bond donors (Lipinski definition) is 1. The number of anilines is 1. The molecule has 21 heavy (non-hydrogen) atoms. The Hall–Kier alpha value is -2.22. The van der Waals surface area contributed by atoms with Crippen LogP contribution in [-0.4, -0.2) is 11.6 Å². The van der Waals surface area contributed by atoms with Gasteiger partial charge in [-0.05, 0) is 24.6 Å². The van der Waals surface area contributed by atoms with Crippen LogP contribution in [0.15, 0.2) is 72.1 Å². The van der Waals surface area contributed by atoms with Crippen molar-refractivity contribution < 1.29 is 4.74 Å². The molecule has 0 spiro atoms. The largest absolute Gasteiger partial charge is 0.489 e. The molecule has 1 N–H and O–H groups in total. The molecule has 2 heterocycles. The number of para-hydroxylation sites is 1. The first-order valence-electron chi connectivity index (χ1n) is 7.58. The molecule has 0 saturated carbocycles. The van der Waals surface area contributed by atoms with Gasteiger partial charge in [0.1, 0.15) is 11.9 Å². The molecule has 0 saturated heterocycles. The van der Waals surface area contributed by atoms with E-state index >= 15 is 0 Å². The molecule has 2 aliphatic heterocycles. The van der Waals surface area contributed by atoms with Crippen LogP contribution in [0.4, 0.5) is 5.69 Å². The van der Waals surface area contributed by atoms with Crippen molar-refractivity contribution in [2.24, 2.45) is 5.92 Å². The molecule has 0 amide bonds. The summed E-state index contributed by atoms with van der Waals surface area (Å²) in [5.74, 6) is 1.81. The maximum absolute atomic E-state index is 6.36. The number of rotatable bonds is 0. The van der Waals surface area contributed by atoms with E-state index < -0.39 is 0 Å². The Balaban J connectivity index is 1.69. The molecule has 4 aliphatic rings. The molecule has 104 valence electrons. The molecule has 2 aliphatic carbocycles. The summed E-state index contributed by atoms with van der Waals surface area (Å²) in [5, 5.41) is 3.67. The molecular weight excluding hydrogens is 258 g/mol. The van der Waals surface area contributed by atoms with Crippen molar-refractivity contribution in [3.05, 3.63) is 77.6 Å². The van der Waals surface area contributed by atoms with Crippen molar-refractivity contribution in [2.75, 3.05) is 5.32 Å². The van der Waals surface area contributed by atoms with Crippen LogP contribution in [0.25, 0.3) is 0 Å². The van der Waals surface area contributed by atoms with Crippen LogP contribution in [0.1, 0.15) is 18.4 Å². The maximum Gasteiger partial charge on any atom is 0.127 e. The standard InChI is InChI=1S/C19H17NO/c1-19-11-10-13-12-6-3-5-9-16(12)21-18(13)17(19)14-7-2-4-8-15(14)20-19/h2-12,16-17,20H,1H3/t12-,16?,17?,19?/m1/s1. The molecule has 1 aromatic rings. The Morgan fingerprint density at radius 3 is 2.95 bits per heavy atom. The first-order chi connectivity index (χ1) is 10.3. The lowest BCUT2D eigenvalue weighted by Crippen LogP contribution is -2.36. The fourth-order valence-corrected chi connectivity index (χ4v) is 4.15. The predicted octanol–water partition coefficient (Wildman–Crippen LogP) is 3.92. The normalized spacial score (nSPS) is 37.5. The molecule has 5 rings (SSSR count). The molecule has 3 unspecified atom stereocenters. The maximum atomic E-state index is 6.36. The minimum absolute atomic E-state index is 0.0799. The lowest BCUT2D eigenvalue weighted by atomic mass is 9.76. The molecule has 1 aromatic carbocycles. The van der Waals surface area contributed by atoms with Crippen molar-refractivity contribution in [1.82, 2.24) is 0 Å². The van der Waals surface area contributed by atoms with Gasteiger partial charge in [0.05, 0.1) is 11.5 Å². The van der Waals surface area contributed by atoms with Crippen LogP contribution in [0.2, 0.25) is 0 Å². The van der Waals surface area contributed by atoms with Crippen LogP contribution >= 0.6 is 0 Å². The van der Waals surface area contributed by atoms with Crippen molar-refractivity contribution in [2.45, 2.75) is 24.5 Å². The van der Waals surface area contributed by atoms with E-state index in [4.69, 9.17) is 4.74 Å². The van der Waals surface area contributed by atoms with Crippen molar-refractivity contribution in [3.63, 3.8) is 0 Å². The van der Waals surface area contributed by atoms with Crippen LogP contribution in [-0.2, 0) is 4.74 Å². The van der Waals surface area contributed by atoms with Gasteiger partial charge in [0.15, 0.2) is 0 Å². The zero-order chi connectivity index (χ0) is 14.0. The van der Waals surface area contributed by atoms with Crippen molar-refractivity contribution >= 4 is 5.69 Å². The number of nitrogens with one attached hydrogen (secondary N) is 1. The predicted molar refractivity (Wildman–Crippen MR) is 84.0 cm³/mol. The lowest BCUT2D eigenvalue weighted by molar-refractivity contribution is 0.146. The minimum atomic E-state index is -0.0799. The summed E-state index contributed by atoms with van der Waals surface area (Å²) in [7, 11) is 0. The monoisotopic (exact) mass is 275 g/mol. The smallest absolute Gasteiger partial charge is 0.127 e. The Labute approximate surface area is 124 Å². The first-order valence-corrected chi connectivity index (χ1v) is 7.58. The number of allylic oxidation sites excluding steroid dienone is 3. The number of fused-ring (bicyclic) bond motifs is 6. The summed E-state index contributed by atoms with van der Waals surface area (Å²) in [6.45, 7) is 2.26.